The normalized spacial score (nSPS) is 11.6. The van der Waals surface area contributed by atoms with Gasteiger partial charge in [-0.3, -0.25) is 4.79 Å². The molecule has 2 rings (SSSR count). The maximum atomic E-state index is 12.2. The SMILES string of the molecule is COc1ccc(OC)c(NC(=O)CS[C@@H](C)c2ccccc2)c1. The zero-order chi connectivity index (χ0) is 16.7. The predicted molar refractivity (Wildman–Crippen MR) is 95.5 cm³/mol. The van der Waals surface area contributed by atoms with Crippen LogP contribution in [0.25, 0.3) is 0 Å². The maximum absolute atomic E-state index is 12.2. The molecule has 0 radical (unpaired) electrons. The fourth-order valence-electron chi connectivity index (χ4n) is 2.12. The van der Waals surface area contributed by atoms with Gasteiger partial charge >= 0.3 is 0 Å². The van der Waals surface area contributed by atoms with Crippen molar-refractivity contribution >= 4 is 23.4 Å². The predicted octanol–water partition coefficient (Wildman–Crippen LogP) is 4.14. The molecule has 122 valence electrons. The molecule has 0 heterocycles. The third-order valence-electron chi connectivity index (χ3n) is 3.41. The number of nitrogens with one attached hydrogen (secondary N) is 1. The Kier molecular flexibility index (Phi) is 6.35. The van der Waals surface area contributed by atoms with E-state index in [1.54, 1.807) is 44.2 Å². The lowest BCUT2D eigenvalue weighted by atomic mass is 10.2. The van der Waals surface area contributed by atoms with Gasteiger partial charge in [0.15, 0.2) is 0 Å². The molecule has 2 aromatic rings. The van der Waals surface area contributed by atoms with Crippen molar-refractivity contribution in [2.24, 2.45) is 0 Å². The highest BCUT2D eigenvalue weighted by atomic mass is 32.2. The summed E-state index contributed by atoms with van der Waals surface area (Å²) in [6.45, 7) is 2.10. The third kappa shape index (κ3) is 4.93. The average Bonchev–Trinajstić information content (AvgIpc) is 2.60. The molecule has 0 bridgehead atoms. The van der Waals surface area contributed by atoms with Crippen LogP contribution in [0.4, 0.5) is 5.69 Å². The second-order valence-corrected chi connectivity index (χ2v) is 6.31. The van der Waals surface area contributed by atoms with Gasteiger partial charge in [-0.25, -0.2) is 0 Å². The van der Waals surface area contributed by atoms with Gasteiger partial charge in [-0.15, -0.1) is 11.8 Å². The summed E-state index contributed by atoms with van der Waals surface area (Å²) < 4.78 is 10.4. The zero-order valence-corrected chi connectivity index (χ0v) is 14.4. The van der Waals surface area contributed by atoms with E-state index in [2.05, 4.69) is 24.4 Å². The Hall–Kier alpha value is -2.14. The fourth-order valence-corrected chi connectivity index (χ4v) is 2.94. The van der Waals surface area contributed by atoms with Crippen LogP contribution in [-0.4, -0.2) is 25.9 Å². The Morgan fingerprint density at radius 1 is 1.13 bits per heavy atom. The van der Waals surface area contributed by atoms with Crippen LogP contribution in [0.5, 0.6) is 11.5 Å². The molecule has 0 aliphatic rings. The van der Waals surface area contributed by atoms with Crippen molar-refractivity contribution in [2.75, 3.05) is 25.3 Å². The largest absolute Gasteiger partial charge is 0.497 e. The summed E-state index contributed by atoms with van der Waals surface area (Å²) in [4.78, 5) is 12.2. The number of amides is 1. The number of hydrogen-bond acceptors (Lipinski definition) is 4. The van der Waals surface area contributed by atoms with Crippen LogP contribution in [-0.2, 0) is 4.79 Å². The van der Waals surface area contributed by atoms with Crippen LogP contribution in [0.3, 0.4) is 0 Å². The molecule has 4 nitrogen and oxygen atoms in total. The molecule has 0 fully saturated rings. The Balaban J connectivity index is 1.94. The van der Waals surface area contributed by atoms with Crippen molar-refractivity contribution in [3.8, 4) is 11.5 Å². The number of anilines is 1. The topological polar surface area (TPSA) is 47.6 Å². The van der Waals surface area contributed by atoms with Gasteiger partial charge in [-0.05, 0) is 24.6 Å². The van der Waals surface area contributed by atoms with E-state index in [1.807, 2.05) is 18.2 Å². The van der Waals surface area contributed by atoms with Gasteiger partial charge in [-0.2, -0.15) is 0 Å². The number of ether oxygens (including phenoxy) is 2. The Labute approximate surface area is 141 Å². The molecule has 1 amide bonds. The van der Waals surface area contributed by atoms with Crippen LogP contribution in [0.2, 0.25) is 0 Å². The minimum Gasteiger partial charge on any atom is -0.497 e. The number of methoxy groups -OCH3 is 2. The summed E-state index contributed by atoms with van der Waals surface area (Å²) in [5.41, 5.74) is 1.83. The first-order valence-corrected chi connectivity index (χ1v) is 8.37. The van der Waals surface area contributed by atoms with Gasteiger partial charge in [0, 0.05) is 11.3 Å². The molecule has 0 spiro atoms. The van der Waals surface area contributed by atoms with E-state index < -0.39 is 0 Å². The summed E-state index contributed by atoms with van der Waals surface area (Å²) in [6.07, 6.45) is 0. The van der Waals surface area contributed by atoms with Crippen molar-refractivity contribution in [3.63, 3.8) is 0 Å². The summed E-state index contributed by atoms with van der Waals surface area (Å²) in [7, 11) is 3.16. The third-order valence-corrected chi connectivity index (χ3v) is 4.62. The molecule has 0 saturated heterocycles. The smallest absolute Gasteiger partial charge is 0.234 e. The van der Waals surface area contributed by atoms with Gasteiger partial charge in [0.2, 0.25) is 5.91 Å². The molecule has 0 aromatic heterocycles. The van der Waals surface area contributed by atoms with Gasteiger partial charge in [-0.1, -0.05) is 30.3 Å². The quantitative estimate of drug-likeness (QED) is 0.828. The number of hydrogen-bond donors (Lipinski definition) is 1. The van der Waals surface area contributed by atoms with Crippen LogP contribution in [0.1, 0.15) is 17.7 Å². The summed E-state index contributed by atoms with van der Waals surface area (Å²) >= 11 is 1.60. The monoisotopic (exact) mass is 331 g/mol. The van der Waals surface area contributed by atoms with E-state index >= 15 is 0 Å². The summed E-state index contributed by atoms with van der Waals surface area (Å²) in [5.74, 6) is 1.59. The van der Waals surface area contributed by atoms with Crippen molar-refractivity contribution in [1.82, 2.24) is 0 Å². The van der Waals surface area contributed by atoms with Crippen LogP contribution < -0.4 is 14.8 Å². The van der Waals surface area contributed by atoms with Crippen molar-refractivity contribution in [2.45, 2.75) is 12.2 Å². The van der Waals surface area contributed by atoms with Crippen molar-refractivity contribution in [3.05, 3.63) is 54.1 Å². The lowest BCUT2D eigenvalue weighted by Gasteiger charge is -2.13. The molecular weight excluding hydrogens is 310 g/mol. The van der Waals surface area contributed by atoms with Crippen molar-refractivity contribution < 1.29 is 14.3 Å². The van der Waals surface area contributed by atoms with E-state index in [0.29, 0.717) is 22.9 Å². The molecule has 0 aliphatic carbocycles. The molecular formula is C18H21NO3S. The molecule has 23 heavy (non-hydrogen) atoms. The summed E-state index contributed by atoms with van der Waals surface area (Å²) in [5, 5.41) is 3.14. The first kappa shape index (κ1) is 17.2. The Bertz CT molecular complexity index is 646. The van der Waals surface area contributed by atoms with Gasteiger partial charge in [0.1, 0.15) is 11.5 Å². The average molecular weight is 331 g/mol. The highest BCUT2D eigenvalue weighted by Crippen LogP contribution is 2.30. The van der Waals surface area contributed by atoms with Crippen LogP contribution >= 0.6 is 11.8 Å². The lowest BCUT2D eigenvalue weighted by Crippen LogP contribution is -2.15. The van der Waals surface area contributed by atoms with Crippen molar-refractivity contribution in [1.29, 1.82) is 0 Å². The van der Waals surface area contributed by atoms with E-state index in [0.717, 1.165) is 0 Å². The Morgan fingerprint density at radius 3 is 2.52 bits per heavy atom. The summed E-state index contributed by atoms with van der Waals surface area (Å²) in [6, 6.07) is 15.5. The number of rotatable bonds is 7. The van der Waals surface area contributed by atoms with Crippen LogP contribution in [0.15, 0.2) is 48.5 Å². The number of thioether (sulfide) groups is 1. The molecule has 5 heteroatoms. The second-order valence-electron chi connectivity index (χ2n) is 4.98. The molecule has 1 N–H and O–H groups in total. The highest BCUT2D eigenvalue weighted by molar-refractivity contribution is 8.00. The molecule has 0 aliphatic heterocycles. The second kappa shape index (κ2) is 8.48. The minimum absolute atomic E-state index is 0.0654. The van der Waals surface area contributed by atoms with E-state index in [9.17, 15) is 4.79 Å². The van der Waals surface area contributed by atoms with Gasteiger partial charge in [0.05, 0.1) is 25.7 Å². The molecule has 0 unspecified atom stereocenters. The van der Waals surface area contributed by atoms with E-state index in [4.69, 9.17) is 9.47 Å². The minimum atomic E-state index is -0.0654. The zero-order valence-electron chi connectivity index (χ0n) is 13.5. The molecule has 0 saturated carbocycles. The van der Waals surface area contributed by atoms with E-state index in [1.165, 1.54) is 5.56 Å². The van der Waals surface area contributed by atoms with Gasteiger partial charge in [0.25, 0.3) is 0 Å². The fraction of sp³-hybridized carbons (Fsp3) is 0.278. The molecule has 2 aromatic carbocycles. The first-order valence-electron chi connectivity index (χ1n) is 7.32. The molecule has 1 atom stereocenters. The lowest BCUT2D eigenvalue weighted by molar-refractivity contribution is -0.113. The maximum Gasteiger partial charge on any atom is 0.234 e. The number of carbonyl (C=O) groups is 1. The first-order chi connectivity index (χ1) is 11.1. The Morgan fingerprint density at radius 2 is 1.87 bits per heavy atom. The number of carbonyl (C=O) groups excluding carboxylic acids is 1. The standard InChI is InChI=1S/C18H21NO3S/c1-13(14-7-5-4-6-8-14)23-12-18(20)19-16-11-15(21-2)9-10-17(16)22-3/h4-11,13H,12H2,1-3H3,(H,19,20)/t13-/m0/s1. The highest BCUT2D eigenvalue weighted by Gasteiger charge is 2.12. The van der Waals surface area contributed by atoms with Crippen LogP contribution in [0, 0.1) is 0 Å². The van der Waals surface area contributed by atoms with Gasteiger partial charge < -0.3 is 14.8 Å². The number of benzene rings is 2. The van der Waals surface area contributed by atoms with E-state index in [-0.39, 0.29) is 11.2 Å².